The van der Waals surface area contributed by atoms with E-state index in [9.17, 15) is 14.9 Å². The molecule has 0 N–H and O–H groups in total. The average Bonchev–Trinajstić information content (AvgIpc) is 2.38. The summed E-state index contributed by atoms with van der Waals surface area (Å²) in [7, 11) is 0. The Hall–Kier alpha value is -1.17. The van der Waals surface area contributed by atoms with E-state index in [0.717, 1.165) is 18.2 Å². The molecule has 0 radical (unpaired) electrons. The monoisotopic (exact) mass is 316 g/mol. The number of alkyl halides is 1. The Kier molecular flexibility index (Phi) is 5.07. The second kappa shape index (κ2) is 6.13. The highest BCUT2D eigenvalue weighted by molar-refractivity contribution is 9.09. The Morgan fingerprint density at radius 3 is 2.50 bits per heavy atom. The van der Waals surface area contributed by atoms with Gasteiger partial charge in [0.05, 0.1) is 4.92 Å². The fraction of sp³-hybridized carbons (Fsp3) is 0.583. The van der Waals surface area contributed by atoms with Crippen LogP contribution in [0, 0.1) is 15.5 Å². The molecule has 0 saturated carbocycles. The second-order valence-electron chi connectivity index (χ2n) is 4.42. The normalized spacial score (nSPS) is 11.5. The molecule has 1 heterocycles. The number of hydrogen-bond acceptors (Lipinski definition) is 3. The van der Waals surface area contributed by atoms with Gasteiger partial charge >= 0.3 is 11.2 Å². The maximum Gasteiger partial charge on any atom is 0.334 e. The van der Waals surface area contributed by atoms with Crippen LogP contribution < -0.4 is 5.56 Å². The second-order valence-corrected chi connectivity index (χ2v) is 4.99. The summed E-state index contributed by atoms with van der Waals surface area (Å²) in [6.07, 6.45) is 3.42. The van der Waals surface area contributed by atoms with E-state index in [2.05, 4.69) is 29.8 Å². The molecule has 0 aromatic carbocycles. The van der Waals surface area contributed by atoms with Crippen molar-refractivity contribution in [1.82, 2.24) is 4.57 Å². The molecule has 0 saturated heterocycles. The number of nitro groups is 1. The van der Waals surface area contributed by atoms with E-state index in [4.69, 9.17) is 0 Å². The van der Waals surface area contributed by atoms with E-state index in [1.807, 2.05) is 0 Å². The third kappa shape index (κ3) is 2.98. The topological polar surface area (TPSA) is 65.1 Å². The number of halogens is 1. The van der Waals surface area contributed by atoms with Crippen molar-refractivity contribution in [3.8, 4) is 0 Å². The Balaban J connectivity index is 3.16. The number of rotatable bonds is 6. The van der Waals surface area contributed by atoms with Gasteiger partial charge in [0.1, 0.15) is 0 Å². The van der Waals surface area contributed by atoms with E-state index in [1.165, 1.54) is 10.6 Å². The van der Waals surface area contributed by atoms with E-state index < -0.39 is 10.5 Å². The fourth-order valence-electron chi connectivity index (χ4n) is 1.85. The molecule has 0 unspecified atom stereocenters. The van der Waals surface area contributed by atoms with Crippen molar-refractivity contribution in [2.75, 3.05) is 5.33 Å². The van der Waals surface area contributed by atoms with Crippen molar-refractivity contribution in [1.29, 1.82) is 0 Å². The minimum Gasteiger partial charge on any atom is -0.309 e. The van der Waals surface area contributed by atoms with Crippen LogP contribution in [0.2, 0.25) is 0 Å². The van der Waals surface area contributed by atoms with Crippen LogP contribution in [0.1, 0.15) is 26.7 Å². The van der Waals surface area contributed by atoms with Crippen molar-refractivity contribution in [3.05, 3.63) is 38.8 Å². The SMILES string of the molecule is CCC(CC)(CBr)Cn1cccc([N+](=O)[O-])c1=O. The summed E-state index contributed by atoms with van der Waals surface area (Å²) < 4.78 is 1.44. The van der Waals surface area contributed by atoms with Crippen molar-refractivity contribution in [2.24, 2.45) is 5.41 Å². The summed E-state index contributed by atoms with van der Waals surface area (Å²) in [5, 5.41) is 11.5. The maximum atomic E-state index is 11.9. The van der Waals surface area contributed by atoms with Crippen LogP contribution in [0.3, 0.4) is 0 Å². The first kappa shape index (κ1) is 14.9. The van der Waals surface area contributed by atoms with Gasteiger partial charge in [-0.3, -0.25) is 14.9 Å². The lowest BCUT2D eigenvalue weighted by molar-refractivity contribution is -0.386. The van der Waals surface area contributed by atoms with Crippen molar-refractivity contribution in [3.63, 3.8) is 0 Å². The minimum atomic E-state index is -0.632. The van der Waals surface area contributed by atoms with E-state index in [-0.39, 0.29) is 11.1 Å². The fourth-order valence-corrected chi connectivity index (χ4v) is 2.82. The predicted octanol–water partition coefficient (Wildman–Crippen LogP) is 2.96. The quantitative estimate of drug-likeness (QED) is 0.460. The highest BCUT2D eigenvalue weighted by Gasteiger charge is 2.27. The van der Waals surface area contributed by atoms with E-state index >= 15 is 0 Å². The molecular weight excluding hydrogens is 300 g/mol. The third-order valence-electron chi connectivity index (χ3n) is 3.49. The molecule has 0 atom stereocenters. The molecule has 0 aliphatic rings. The Morgan fingerprint density at radius 2 is 2.06 bits per heavy atom. The van der Waals surface area contributed by atoms with Crippen LogP contribution in [0.25, 0.3) is 0 Å². The lowest BCUT2D eigenvalue weighted by Gasteiger charge is -2.30. The molecule has 0 bridgehead atoms. The van der Waals surface area contributed by atoms with Crippen LogP contribution in [0.4, 0.5) is 5.69 Å². The zero-order chi connectivity index (χ0) is 13.8. The zero-order valence-corrected chi connectivity index (χ0v) is 12.1. The molecule has 1 aromatic rings. The van der Waals surface area contributed by atoms with Crippen LogP contribution in [-0.2, 0) is 6.54 Å². The lowest BCUT2D eigenvalue weighted by Crippen LogP contribution is -2.33. The van der Waals surface area contributed by atoms with Gasteiger partial charge in [0, 0.05) is 24.1 Å². The number of hydrogen-bond donors (Lipinski definition) is 0. The highest BCUT2D eigenvalue weighted by atomic mass is 79.9. The van der Waals surface area contributed by atoms with E-state index in [1.54, 1.807) is 12.3 Å². The largest absolute Gasteiger partial charge is 0.334 e. The van der Waals surface area contributed by atoms with Gasteiger partial charge in [-0.2, -0.15) is 0 Å². The molecular formula is C12H17BrN2O3. The predicted molar refractivity (Wildman–Crippen MR) is 74.2 cm³/mol. The molecule has 0 fully saturated rings. The highest BCUT2D eigenvalue weighted by Crippen LogP contribution is 2.30. The van der Waals surface area contributed by atoms with Gasteiger partial charge in [-0.25, -0.2) is 0 Å². The summed E-state index contributed by atoms with van der Waals surface area (Å²) in [6, 6.07) is 2.79. The van der Waals surface area contributed by atoms with Crippen LogP contribution >= 0.6 is 15.9 Å². The molecule has 6 heteroatoms. The molecule has 0 aliphatic heterocycles. The lowest BCUT2D eigenvalue weighted by atomic mass is 9.84. The first-order valence-electron chi connectivity index (χ1n) is 5.89. The summed E-state index contributed by atoms with van der Waals surface area (Å²) in [4.78, 5) is 22.0. The average molecular weight is 317 g/mol. The minimum absolute atomic E-state index is 0.0426. The molecule has 0 spiro atoms. The first-order valence-corrected chi connectivity index (χ1v) is 7.01. The molecule has 18 heavy (non-hydrogen) atoms. The van der Waals surface area contributed by atoms with E-state index in [0.29, 0.717) is 6.54 Å². The summed E-state index contributed by atoms with van der Waals surface area (Å²) >= 11 is 3.47. The Bertz CT molecular complexity index is 472. The summed E-state index contributed by atoms with van der Waals surface area (Å²) in [6.45, 7) is 4.62. The molecule has 1 aromatic heterocycles. The standard InChI is InChI=1S/C12H17BrN2O3/c1-3-12(4-2,8-13)9-14-7-5-6-10(11(14)16)15(17)18/h5-7H,3-4,8-9H2,1-2H3. The summed E-state index contributed by atoms with van der Waals surface area (Å²) in [5.41, 5.74) is -0.943. The first-order chi connectivity index (χ1) is 8.49. The molecule has 0 aliphatic carbocycles. The number of nitrogens with zero attached hydrogens (tertiary/aromatic N) is 2. The smallest absolute Gasteiger partial charge is 0.309 e. The van der Waals surface area contributed by atoms with Gasteiger partial charge in [0.15, 0.2) is 0 Å². The maximum absolute atomic E-state index is 11.9. The van der Waals surface area contributed by atoms with Gasteiger partial charge in [0.25, 0.3) is 0 Å². The molecule has 0 amide bonds. The van der Waals surface area contributed by atoms with Gasteiger partial charge in [-0.1, -0.05) is 29.8 Å². The Morgan fingerprint density at radius 1 is 1.44 bits per heavy atom. The molecule has 1 rings (SSSR count). The summed E-state index contributed by atoms with van der Waals surface area (Å²) in [5.74, 6) is 0. The van der Waals surface area contributed by atoms with Gasteiger partial charge in [-0.05, 0) is 24.3 Å². The van der Waals surface area contributed by atoms with Crippen molar-refractivity contribution < 1.29 is 4.92 Å². The molecule has 5 nitrogen and oxygen atoms in total. The van der Waals surface area contributed by atoms with Gasteiger partial charge in [0.2, 0.25) is 0 Å². The Labute approximate surface area is 114 Å². The van der Waals surface area contributed by atoms with Crippen molar-refractivity contribution in [2.45, 2.75) is 33.2 Å². The van der Waals surface area contributed by atoms with Gasteiger partial charge < -0.3 is 4.57 Å². The number of aromatic nitrogens is 1. The molecule has 100 valence electrons. The van der Waals surface area contributed by atoms with Crippen molar-refractivity contribution >= 4 is 21.6 Å². The van der Waals surface area contributed by atoms with Crippen LogP contribution in [0.5, 0.6) is 0 Å². The third-order valence-corrected chi connectivity index (χ3v) is 4.68. The number of pyridine rings is 1. The van der Waals surface area contributed by atoms with Gasteiger partial charge in [-0.15, -0.1) is 0 Å². The van der Waals surface area contributed by atoms with Crippen LogP contribution in [-0.4, -0.2) is 14.8 Å². The van der Waals surface area contributed by atoms with Crippen LogP contribution in [0.15, 0.2) is 23.1 Å². The zero-order valence-electron chi connectivity index (χ0n) is 10.6.